The number of pyridine rings is 1. The maximum absolute atomic E-state index is 12.7. The average molecular weight is 326 g/mol. The van der Waals surface area contributed by atoms with Gasteiger partial charge in [0.05, 0.1) is 23.1 Å². The second kappa shape index (κ2) is 6.38. The Morgan fingerprint density at radius 1 is 1.29 bits per heavy atom. The van der Waals surface area contributed by atoms with Crippen LogP contribution in [0, 0.1) is 5.41 Å². The van der Waals surface area contributed by atoms with E-state index in [-0.39, 0.29) is 17.4 Å². The van der Waals surface area contributed by atoms with Crippen LogP contribution in [0.4, 0.5) is 0 Å². The number of nitrogens with zero attached hydrogens (tertiary/aromatic N) is 4. The highest BCUT2D eigenvalue weighted by Gasteiger charge is 2.36. The summed E-state index contributed by atoms with van der Waals surface area (Å²) < 4.78 is 1.94. The largest absolute Gasteiger partial charge is 0.334 e. The minimum atomic E-state index is -0.360. The van der Waals surface area contributed by atoms with Crippen molar-refractivity contribution in [2.75, 3.05) is 6.54 Å². The van der Waals surface area contributed by atoms with E-state index in [2.05, 4.69) is 12.0 Å². The Morgan fingerprint density at radius 3 is 2.79 bits per heavy atom. The first-order valence-electron chi connectivity index (χ1n) is 8.72. The molecule has 2 aromatic rings. The van der Waals surface area contributed by atoms with Crippen LogP contribution in [0.2, 0.25) is 0 Å². The van der Waals surface area contributed by atoms with Gasteiger partial charge in [-0.1, -0.05) is 26.8 Å². The van der Waals surface area contributed by atoms with Gasteiger partial charge in [-0.05, 0) is 38.0 Å². The highest BCUT2D eigenvalue weighted by molar-refractivity contribution is 5.82. The molecule has 0 aliphatic carbocycles. The van der Waals surface area contributed by atoms with Gasteiger partial charge in [0.15, 0.2) is 0 Å². The first-order valence-corrected chi connectivity index (χ1v) is 8.72. The summed E-state index contributed by atoms with van der Waals surface area (Å²) in [5, 5.41) is 4.33. The molecule has 0 spiro atoms. The van der Waals surface area contributed by atoms with Gasteiger partial charge in [-0.2, -0.15) is 5.10 Å². The molecule has 3 heterocycles. The Morgan fingerprint density at radius 2 is 2.08 bits per heavy atom. The van der Waals surface area contributed by atoms with Crippen LogP contribution in [0.3, 0.4) is 0 Å². The van der Waals surface area contributed by atoms with E-state index in [1.54, 1.807) is 6.20 Å². The molecule has 2 aromatic heterocycles. The molecule has 0 radical (unpaired) electrons. The quantitative estimate of drug-likeness (QED) is 0.864. The molecule has 0 saturated carbocycles. The normalized spacial score (nSPS) is 18.2. The molecule has 0 N–H and O–H groups in total. The predicted octanol–water partition coefficient (Wildman–Crippen LogP) is 3.67. The average Bonchev–Trinajstić information content (AvgIpc) is 3.22. The number of aromatic nitrogens is 3. The van der Waals surface area contributed by atoms with Gasteiger partial charge in [-0.15, -0.1) is 0 Å². The number of aryl methyl sites for hydroxylation is 1. The Labute approximate surface area is 143 Å². The molecule has 5 heteroatoms. The Hall–Kier alpha value is -2.17. The summed E-state index contributed by atoms with van der Waals surface area (Å²) >= 11 is 0. The van der Waals surface area contributed by atoms with Crippen molar-refractivity contribution in [3.63, 3.8) is 0 Å². The topological polar surface area (TPSA) is 51.0 Å². The molecule has 0 bridgehead atoms. The smallest absolute Gasteiger partial charge is 0.228 e. The molecule has 1 aliphatic heterocycles. The third-order valence-electron chi connectivity index (χ3n) is 4.55. The summed E-state index contributed by atoms with van der Waals surface area (Å²) in [7, 11) is 0. The van der Waals surface area contributed by atoms with Gasteiger partial charge in [0.2, 0.25) is 5.91 Å². The Balaban J connectivity index is 1.92. The lowest BCUT2D eigenvalue weighted by Gasteiger charge is -2.30. The van der Waals surface area contributed by atoms with Gasteiger partial charge in [0, 0.05) is 24.7 Å². The number of hydrogen-bond acceptors (Lipinski definition) is 3. The van der Waals surface area contributed by atoms with Crippen molar-refractivity contribution in [1.29, 1.82) is 0 Å². The fourth-order valence-electron chi connectivity index (χ4n) is 3.33. The van der Waals surface area contributed by atoms with E-state index in [1.165, 1.54) is 0 Å². The fraction of sp³-hybridized carbons (Fsp3) is 0.526. The van der Waals surface area contributed by atoms with Crippen LogP contribution in [0.5, 0.6) is 0 Å². The lowest BCUT2D eigenvalue weighted by Crippen LogP contribution is -2.39. The summed E-state index contributed by atoms with van der Waals surface area (Å²) in [5.74, 6) is 0.204. The van der Waals surface area contributed by atoms with Crippen molar-refractivity contribution in [3.05, 3.63) is 36.2 Å². The van der Waals surface area contributed by atoms with Gasteiger partial charge >= 0.3 is 0 Å². The van der Waals surface area contributed by atoms with Crippen molar-refractivity contribution >= 4 is 5.91 Å². The number of likely N-dealkylation sites (tertiary alicyclic amines) is 1. The number of carbonyl (C=O) groups is 1. The molecule has 24 heavy (non-hydrogen) atoms. The molecule has 0 unspecified atom stereocenters. The van der Waals surface area contributed by atoms with E-state index < -0.39 is 0 Å². The maximum atomic E-state index is 12.7. The van der Waals surface area contributed by atoms with Crippen LogP contribution in [-0.4, -0.2) is 32.1 Å². The fourth-order valence-corrected chi connectivity index (χ4v) is 3.33. The molecule has 1 fully saturated rings. The second-order valence-corrected chi connectivity index (χ2v) is 7.39. The van der Waals surface area contributed by atoms with Crippen LogP contribution < -0.4 is 0 Å². The summed E-state index contributed by atoms with van der Waals surface area (Å²) in [6, 6.07) is 8.15. The number of hydrogen-bond donors (Lipinski definition) is 0. The van der Waals surface area contributed by atoms with Gasteiger partial charge in [-0.25, -0.2) is 4.98 Å². The monoisotopic (exact) mass is 326 g/mol. The second-order valence-electron chi connectivity index (χ2n) is 7.39. The van der Waals surface area contributed by atoms with Gasteiger partial charge < -0.3 is 4.90 Å². The molecular weight excluding hydrogens is 300 g/mol. The van der Waals surface area contributed by atoms with E-state index in [0.29, 0.717) is 0 Å². The Bertz CT molecular complexity index is 729. The van der Waals surface area contributed by atoms with Crippen LogP contribution in [0.25, 0.3) is 11.4 Å². The highest BCUT2D eigenvalue weighted by Crippen LogP contribution is 2.35. The highest BCUT2D eigenvalue weighted by atomic mass is 16.2. The Kier molecular flexibility index (Phi) is 4.43. The van der Waals surface area contributed by atoms with Crippen LogP contribution in [0.15, 0.2) is 30.5 Å². The van der Waals surface area contributed by atoms with Crippen molar-refractivity contribution < 1.29 is 4.79 Å². The molecule has 1 aliphatic rings. The van der Waals surface area contributed by atoms with Gasteiger partial charge in [0.1, 0.15) is 0 Å². The van der Waals surface area contributed by atoms with Crippen molar-refractivity contribution in [2.45, 2.75) is 53.1 Å². The first kappa shape index (κ1) is 16.7. The van der Waals surface area contributed by atoms with E-state index in [4.69, 9.17) is 4.98 Å². The molecule has 128 valence electrons. The van der Waals surface area contributed by atoms with E-state index in [9.17, 15) is 4.79 Å². The van der Waals surface area contributed by atoms with Crippen molar-refractivity contribution in [1.82, 2.24) is 19.7 Å². The number of amides is 1. The lowest BCUT2D eigenvalue weighted by atomic mass is 9.94. The molecule has 5 nitrogen and oxygen atoms in total. The lowest BCUT2D eigenvalue weighted by molar-refractivity contribution is -0.140. The molecule has 3 rings (SSSR count). The summed E-state index contributed by atoms with van der Waals surface area (Å²) in [6.07, 6.45) is 3.81. The minimum absolute atomic E-state index is 0.0784. The number of carbonyl (C=O) groups excluding carboxylic acids is 1. The van der Waals surface area contributed by atoms with Crippen LogP contribution in [0.1, 0.15) is 52.3 Å². The third-order valence-corrected chi connectivity index (χ3v) is 4.55. The first-order chi connectivity index (χ1) is 11.4. The van der Waals surface area contributed by atoms with Crippen molar-refractivity contribution in [2.24, 2.45) is 5.41 Å². The minimum Gasteiger partial charge on any atom is -0.334 e. The summed E-state index contributed by atoms with van der Waals surface area (Å²) in [6.45, 7) is 9.64. The standard InChI is InChI=1S/C19H26N4O/c1-5-23-17(11-12-20-23)15-9-6-8-14(21-15)16-10-7-13-22(16)18(24)19(2,3)4/h6,8-9,11-12,16H,5,7,10,13H2,1-4H3/t16-/m1/s1. The molecule has 1 saturated heterocycles. The molecule has 0 aromatic carbocycles. The molecule has 1 atom stereocenters. The van der Waals surface area contributed by atoms with Crippen LogP contribution >= 0.6 is 0 Å². The van der Waals surface area contributed by atoms with E-state index in [0.717, 1.165) is 43.0 Å². The maximum Gasteiger partial charge on any atom is 0.228 e. The molecular formula is C19H26N4O. The van der Waals surface area contributed by atoms with Gasteiger partial charge in [-0.3, -0.25) is 9.48 Å². The van der Waals surface area contributed by atoms with Crippen molar-refractivity contribution in [3.8, 4) is 11.4 Å². The predicted molar refractivity (Wildman–Crippen MR) is 94.3 cm³/mol. The summed E-state index contributed by atoms with van der Waals surface area (Å²) in [5.41, 5.74) is 2.56. The summed E-state index contributed by atoms with van der Waals surface area (Å²) in [4.78, 5) is 19.6. The van der Waals surface area contributed by atoms with E-state index >= 15 is 0 Å². The third kappa shape index (κ3) is 3.07. The van der Waals surface area contributed by atoms with Gasteiger partial charge in [0.25, 0.3) is 0 Å². The number of rotatable bonds is 3. The SMILES string of the molecule is CCn1nccc1-c1cccc([C@H]2CCCN2C(=O)C(C)(C)C)n1. The zero-order valence-electron chi connectivity index (χ0n) is 15.0. The van der Waals surface area contributed by atoms with Crippen LogP contribution in [-0.2, 0) is 11.3 Å². The molecule has 1 amide bonds. The van der Waals surface area contributed by atoms with E-state index in [1.807, 2.05) is 54.6 Å². The zero-order valence-corrected chi connectivity index (χ0v) is 15.0. The zero-order chi connectivity index (χ0) is 17.3.